The summed E-state index contributed by atoms with van der Waals surface area (Å²) in [6.07, 6.45) is -16.3. The maximum atomic E-state index is 12.2. The number of carbonyl (C=O) groups is 7. The van der Waals surface area contributed by atoms with Gasteiger partial charge in [0.2, 0.25) is 12.4 Å². The molecule has 0 amide bonds. The predicted molar refractivity (Wildman–Crippen MR) is 135 cm³/mol. The molecule has 248 valence electrons. The van der Waals surface area contributed by atoms with E-state index < -0.39 is 116 Å². The molecule has 44 heavy (non-hydrogen) atoms. The molecule has 10 atom stereocenters. The second-order valence-electron chi connectivity index (χ2n) is 9.69. The van der Waals surface area contributed by atoms with E-state index in [0.29, 0.717) is 0 Å². The molecule has 0 aromatic carbocycles. The van der Waals surface area contributed by atoms with Gasteiger partial charge in [-0.15, -0.1) is 0 Å². The lowest BCUT2D eigenvalue weighted by molar-refractivity contribution is -0.357. The van der Waals surface area contributed by atoms with Crippen LogP contribution in [0.5, 0.6) is 0 Å². The number of hydrogen-bond acceptors (Lipinski definition) is 18. The zero-order chi connectivity index (χ0) is 33.3. The van der Waals surface area contributed by atoms with E-state index in [9.17, 15) is 38.7 Å². The summed E-state index contributed by atoms with van der Waals surface area (Å²) in [6.45, 7) is 6.09. The molecule has 1 N–H and O–H groups in total. The van der Waals surface area contributed by atoms with Crippen molar-refractivity contribution in [2.45, 2.75) is 110 Å². The summed E-state index contributed by atoms with van der Waals surface area (Å²) >= 11 is 0. The van der Waals surface area contributed by atoms with Crippen molar-refractivity contribution in [3.63, 3.8) is 0 Å². The van der Waals surface area contributed by atoms with Gasteiger partial charge in [0.15, 0.2) is 24.6 Å². The number of carbonyl (C=O) groups excluding carboxylic acids is 7. The molecule has 4 unspecified atom stereocenters. The van der Waals surface area contributed by atoms with Crippen LogP contribution in [0.25, 0.3) is 0 Å². The minimum absolute atomic E-state index is 0.572. The zero-order valence-electron chi connectivity index (χ0n) is 25.1. The van der Waals surface area contributed by atoms with Crippen LogP contribution in [-0.2, 0) is 80.9 Å². The fourth-order valence-corrected chi connectivity index (χ4v) is 4.41. The van der Waals surface area contributed by atoms with Crippen LogP contribution in [0, 0.1) is 0 Å². The van der Waals surface area contributed by atoms with Gasteiger partial charge in [-0.25, -0.2) is 0 Å². The molecule has 0 aromatic rings. The molecule has 18 nitrogen and oxygen atoms in total. The Morgan fingerprint density at radius 2 is 0.864 bits per heavy atom. The van der Waals surface area contributed by atoms with Crippen molar-refractivity contribution in [1.82, 2.24) is 0 Å². The first kappa shape index (κ1) is 36.3. The summed E-state index contributed by atoms with van der Waals surface area (Å²) in [5.41, 5.74) is 0. The Bertz CT molecular complexity index is 1090. The Morgan fingerprint density at radius 3 is 1.32 bits per heavy atom. The lowest BCUT2D eigenvalue weighted by Gasteiger charge is -2.48. The Kier molecular flexibility index (Phi) is 13.4. The van der Waals surface area contributed by atoms with Crippen LogP contribution >= 0.6 is 0 Å². The van der Waals surface area contributed by atoms with Gasteiger partial charge in [0.05, 0.1) is 0 Å². The Morgan fingerprint density at radius 1 is 0.477 bits per heavy atom. The maximum absolute atomic E-state index is 12.2. The van der Waals surface area contributed by atoms with Gasteiger partial charge in [0.25, 0.3) is 0 Å². The van der Waals surface area contributed by atoms with E-state index in [1.807, 2.05) is 0 Å². The number of aliphatic hydroxyl groups excluding tert-OH is 1. The summed E-state index contributed by atoms with van der Waals surface area (Å²) < 4.78 is 54.1. The lowest BCUT2D eigenvalue weighted by atomic mass is 9.96. The van der Waals surface area contributed by atoms with Gasteiger partial charge >= 0.3 is 41.8 Å². The van der Waals surface area contributed by atoms with Gasteiger partial charge in [-0.1, -0.05) is 0 Å². The maximum Gasteiger partial charge on any atom is 0.305 e. The largest absolute Gasteiger partial charge is 0.463 e. The van der Waals surface area contributed by atoms with E-state index in [1.54, 1.807) is 0 Å². The molecule has 0 radical (unpaired) electrons. The topological polar surface area (TPSA) is 232 Å². The van der Waals surface area contributed by atoms with E-state index in [1.165, 1.54) is 0 Å². The quantitative estimate of drug-likeness (QED) is 0.203. The van der Waals surface area contributed by atoms with E-state index in [-0.39, 0.29) is 0 Å². The SMILES string of the molecule is CC(=O)OCC1O[C@@H](O[C@H]2C(COC(C)=O)O[C@@H](OC(C)=O)C(OC(C)=O)[C@H]2OC(C)=O)C(OC(C)=O)[C@@H](OC(C)=O)[C@H]1O. The second kappa shape index (κ2) is 16.3. The van der Waals surface area contributed by atoms with Gasteiger partial charge in [-0.2, -0.15) is 0 Å². The van der Waals surface area contributed by atoms with Gasteiger partial charge in [-0.05, 0) is 0 Å². The molecular formula is C26H36O18. The molecule has 0 spiro atoms. The third-order valence-corrected chi connectivity index (χ3v) is 5.89. The molecule has 2 aliphatic heterocycles. The van der Waals surface area contributed by atoms with Crippen LogP contribution in [0.4, 0.5) is 0 Å². The molecule has 2 saturated heterocycles. The number of ether oxygens (including phenoxy) is 10. The molecule has 2 rings (SSSR count). The van der Waals surface area contributed by atoms with Crippen LogP contribution in [0.15, 0.2) is 0 Å². The minimum atomic E-state index is -1.79. The van der Waals surface area contributed by atoms with Crippen molar-refractivity contribution in [1.29, 1.82) is 0 Å². The predicted octanol–water partition coefficient (Wildman–Crippen LogP) is -1.40. The summed E-state index contributed by atoms with van der Waals surface area (Å²) in [5, 5.41) is 10.9. The van der Waals surface area contributed by atoms with E-state index >= 15 is 0 Å². The van der Waals surface area contributed by atoms with Crippen molar-refractivity contribution in [3.8, 4) is 0 Å². The first-order valence-electron chi connectivity index (χ1n) is 13.3. The first-order chi connectivity index (χ1) is 20.5. The van der Waals surface area contributed by atoms with Crippen LogP contribution in [0.1, 0.15) is 48.5 Å². The average Bonchev–Trinajstić information content (AvgIpc) is 2.87. The highest BCUT2D eigenvalue weighted by molar-refractivity contribution is 5.69. The standard InChI is InChI=1S/C26H36O18/c1-10(27)35-8-17-19(34)21(37-12(3)29)23(39-14(5)31)26(42-17)44-20-18(9-36-11(2)28)43-25(41-16(7)33)24(40-15(6)32)22(20)38-13(4)30/h17-26,34H,8-9H2,1-7H3/t17?,18?,19-,20-,21-,22-,23?,24?,25+,26-/m0/s1. The van der Waals surface area contributed by atoms with Crippen LogP contribution in [0.2, 0.25) is 0 Å². The van der Waals surface area contributed by atoms with Gasteiger partial charge < -0.3 is 52.5 Å². The third kappa shape index (κ3) is 10.7. The van der Waals surface area contributed by atoms with Gasteiger partial charge in [0, 0.05) is 48.5 Å². The summed E-state index contributed by atoms with van der Waals surface area (Å²) in [7, 11) is 0. The summed E-state index contributed by atoms with van der Waals surface area (Å²) in [5.74, 6) is -6.04. The Hall–Kier alpha value is -3.87. The van der Waals surface area contributed by atoms with Gasteiger partial charge in [-0.3, -0.25) is 33.6 Å². The molecule has 0 bridgehead atoms. The third-order valence-electron chi connectivity index (χ3n) is 5.89. The molecule has 18 heteroatoms. The van der Waals surface area contributed by atoms with Crippen molar-refractivity contribution in [3.05, 3.63) is 0 Å². The van der Waals surface area contributed by atoms with Crippen molar-refractivity contribution >= 4 is 41.8 Å². The number of esters is 7. The number of hydrogen-bond donors (Lipinski definition) is 1. The van der Waals surface area contributed by atoms with Crippen molar-refractivity contribution in [2.75, 3.05) is 13.2 Å². The van der Waals surface area contributed by atoms with E-state index in [4.69, 9.17) is 47.4 Å². The molecule has 0 aliphatic carbocycles. The molecule has 2 aliphatic rings. The molecular weight excluding hydrogens is 600 g/mol. The Balaban J connectivity index is 2.65. The average molecular weight is 637 g/mol. The fourth-order valence-electron chi connectivity index (χ4n) is 4.41. The van der Waals surface area contributed by atoms with Crippen molar-refractivity contribution < 1.29 is 86.0 Å². The smallest absolute Gasteiger partial charge is 0.305 e. The summed E-state index contributed by atoms with van der Waals surface area (Å²) in [4.78, 5) is 83.3. The van der Waals surface area contributed by atoms with Crippen LogP contribution < -0.4 is 0 Å². The minimum Gasteiger partial charge on any atom is -0.463 e. The van der Waals surface area contributed by atoms with Crippen LogP contribution in [-0.4, -0.2) is 122 Å². The van der Waals surface area contributed by atoms with Gasteiger partial charge in [0.1, 0.15) is 37.6 Å². The van der Waals surface area contributed by atoms with E-state index in [0.717, 1.165) is 48.5 Å². The fraction of sp³-hybridized carbons (Fsp3) is 0.731. The normalized spacial score (nSPS) is 31.5. The second-order valence-corrected chi connectivity index (χ2v) is 9.69. The van der Waals surface area contributed by atoms with Crippen LogP contribution in [0.3, 0.4) is 0 Å². The molecule has 2 fully saturated rings. The van der Waals surface area contributed by atoms with Crippen molar-refractivity contribution in [2.24, 2.45) is 0 Å². The summed E-state index contributed by atoms with van der Waals surface area (Å²) in [6, 6.07) is 0. The molecule has 2 heterocycles. The molecule has 0 saturated carbocycles. The number of rotatable bonds is 11. The monoisotopic (exact) mass is 636 g/mol. The highest BCUT2D eigenvalue weighted by Crippen LogP contribution is 2.34. The Labute approximate surface area is 251 Å². The number of aliphatic hydroxyl groups is 1. The highest BCUT2D eigenvalue weighted by atomic mass is 16.8. The van der Waals surface area contributed by atoms with E-state index in [2.05, 4.69) is 0 Å². The first-order valence-corrected chi connectivity index (χ1v) is 13.3. The zero-order valence-corrected chi connectivity index (χ0v) is 25.1. The lowest BCUT2D eigenvalue weighted by Crippen LogP contribution is -2.67. The molecule has 0 aromatic heterocycles. The highest BCUT2D eigenvalue weighted by Gasteiger charge is 2.57.